The van der Waals surface area contributed by atoms with Gasteiger partial charge in [-0.15, -0.1) is 0 Å². The van der Waals surface area contributed by atoms with Crippen LogP contribution >= 0.6 is 11.6 Å². The predicted molar refractivity (Wildman–Crippen MR) is 108 cm³/mol. The Bertz CT molecular complexity index is 820. The van der Waals surface area contributed by atoms with E-state index in [2.05, 4.69) is 10.2 Å². The van der Waals surface area contributed by atoms with Gasteiger partial charge < -0.3 is 19.9 Å². The van der Waals surface area contributed by atoms with E-state index >= 15 is 0 Å². The summed E-state index contributed by atoms with van der Waals surface area (Å²) in [6.07, 6.45) is 0.131. The van der Waals surface area contributed by atoms with Crippen molar-refractivity contribution in [3.05, 3.63) is 58.4 Å². The van der Waals surface area contributed by atoms with Crippen molar-refractivity contribution in [1.82, 2.24) is 10.2 Å². The Labute approximate surface area is 170 Å². The van der Waals surface area contributed by atoms with Gasteiger partial charge >= 0.3 is 0 Å². The van der Waals surface area contributed by atoms with Gasteiger partial charge in [-0.05, 0) is 49.4 Å². The molecular weight excluding hydrogens is 383 g/mol. The molecule has 2 N–H and O–H groups in total. The van der Waals surface area contributed by atoms with Crippen LogP contribution < -0.4 is 14.8 Å². The molecule has 1 aliphatic rings. The summed E-state index contributed by atoms with van der Waals surface area (Å²) in [5.74, 6) is 0.847. The first-order chi connectivity index (χ1) is 13.4. The maximum atomic E-state index is 13.9. The van der Waals surface area contributed by atoms with E-state index in [-0.39, 0.29) is 17.1 Å². The number of methoxy groups -OCH3 is 2. The van der Waals surface area contributed by atoms with Crippen molar-refractivity contribution in [3.63, 3.8) is 0 Å². The lowest BCUT2D eigenvalue weighted by atomic mass is 9.99. The third kappa shape index (κ3) is 4.41. The van der Waals surface area contributed by atoms with Crippen LogP contribution in [0.1, 0.15) is 29.7 Å². The molecule has 1 unspecified atom stereocenters. The molecule has 0 bridgehead atoms. The minimum absolute atomic E-state index is 0.00571. The number of halogens is 2. The minimum atomic E-state index is -0.765. The van der Waals surface area contributed by atoms with E-state index in [1.54, 1.807) is 38.5 Å². The highest BCUT2D eigenvalue weighted by molar-refractivity contribution is 6.30. The molecule has 0 amide bonds. The molecule has 7 heteroatoms. The largest absolute Gasteiger partial charge is 0.497 e. The Morgan fingerprint density at radius 3 is 2.71 bits per heavy atom. The van der Waals surface area contributed by atoms with Crippen LogP contribution in [-0.4, -0.2) is 50.4 Å². The third-order valence-electron chi connectivity index (χ3n) is 5.30. The first-order valence-electron chi connectivity index (χ1n) is 9.23. The van der Waals surface area contributed by atoms with Crippen molar-refractivity contribution in [3.8, 4) is 11.5 Å². The number of nitrogens with zero attached hydrogens (tertiary/aromatic N) is 1. The molecule has 0 spiro atoms. The average molecular weight is 409 g/mol. The van der Waals surface area contributed by atoms with Gasteiger partial charge in [0, 0.05) is 30.7 Å². The Kier molecular flexibility index (Phi) is 6.78. The van der Waals surface area contributed by atoms with Crippen LogP contribution in [0.25, 0.3) is 0 Å². The molecule has 0 aromatic heterocycles. The van der Waals surface area contributed by atoms with Crippen molar-refractivity contribution in [2.24, 2.45) is 0 Å². The van der Waals surface area contributed by atoms with E-state index in [1.807, 2.05) is 13.1 Å². The zero-order chi connectivity index (χ0) is 20.3. The average Bonchev–Trinajstić information content (AvgIpc) is 3.08. The van der Waals surface area contributed by atoms with E-state index in [9.17, 15) is 9.50 Å². The smallest absolute Gasteiger partial charge is 0.142 e. The summed E-state index contributed by atoms with van der Waals surface area (Å²) in [5.41, 5.74) is 1.53. The van der Waals surface area contributed by atoms with Gasteiger partial charge in [0.25, 0.3) is 0 Å². The first kappa shape index (κ1) is 20.9. The summed E-state index contributed by atoms with van der Waals surface area (Å²) >= 11 is 5.82. The lowest BCUT2D eigenvalue weighted by Crippen LogP contribution is -2.37. The fourth-order valence-electron chi connectivity index (χ4n) is 3.82. The molecule has 28 heavy (non-hydrogen) atoms. The molecule has 1 saturated heterocycles. The molecule has 3 rings (SSSR count). The number of benzene rings is 2. The quantitative estimate of drug-likeness (QED) is 0.733. The molecule has 2 aromatic carbocycles. The second kappa shape index (κ2) is 9.09. The zero-order valence-electron chi connectivity index (χ0n) is 16.3. The Morgan fingerprint density at radius 1 is 1.25 bits per heavy atom. The maximum Gasteiger partial charge on any atom is 0.142 e. The minimum Gasteiger partial charge on any atom is -0.497 e. The molecule has 2 aromatic rings. The number of nitrogens with one attached hydrogen (secondary N) is 1. The molecular formula is C21H26ClFN2O3. The van der Waals surface area contributed by atoms with Gasteiger partial charge in [0.1, 0.15) is 17.3 Å². The number of aliphatic hydroxyl groups is 1. The summed E-state index contributed by atoms with van der Waals surface area (Å²) in [4.78, 5) is 2.18. The second-order valence-corrected chi connectivity index (χ2v) is 7.43. The zero-order valence-corrected chi connectivity index (χ0v) is 17.0. The van der Waals surface area contributed by atoms with Crippen molar-refractivity contribution in [2.75, 3.05) is 34.4 Å². The molecule has 1 fully saturated rings. The van der Waals surface area contributed by atoms with Gasteiger partial charge in [-0.1, -0.05) is 17.7 Å². The van der Waals surface area contributed by atoms with E-state index < -0.39 is 11.9 Å². The van der Waals surface area contributed by atoms with Gasteiger partial charge in [0.15, 0.2) is 0 Å². The van der Waals surface area contributed by atoms with Gasteiger partial charge in [-0.2, -0.15) is 0 Å². The number of likely N-dealkylation sites (N-methyl/N-ethyl adjacent to an activating group) is 1. The Balaban J connectivity index is 1.73. The fourth-order valence-corrected chi connectivity index (χ4v) is 3.93. The molecule has 1 heterocycles. The molecule has 3 atom stereocenters. The number of hydrogen-bond donors (Lipinski definition) is 2. The van der Waals surface area contributed by atoms with E-state index in [0.29, 0.717) is 23.6 Å². The number of hydrogen-bond acceptors (Lipinski definition) is 5. The highest BCUT2D eigenvalue weighted by Crippen LogP contribution is 2.34. The van der Waals surface area contributed by atoms with Crippen LogP contribution in [0.5, 0.6) is 11.5 Å². The predicted octanol–water partition coefficient (Wildman–Crippen LogP) is 3.56. The number of rotatable bonds is 7. The van der Waals surface area contributed by atoms with E-state index in [0.717, 1.165) is 18.5 Å². The molecule has 152 valence electrons. The SMILES string of the molecule is COc1ccc(OC)c(C(O)CN[C@@H]2CCN(C)[C@H]2c2ccc(Cl)c(F)c2)c1. The summed E-state index contributed by atoms with van der Waals surface area (Å²) in [6.45, 7) is 1.22. The topological polar surface area (TPSA) is 54.0 Å². The summed E-state index contributed by atoms with van der Waals surface area (Å²) in [7, 11) is 5.17. The summed E-state index contributed by atoms with van der Waals surface area (Å²) in [5, 5.41) is 14.3. The van der Waals surface area contributed by atoms with Crippen molar-refractivity contribution in [1.29, 1.82) is 0 Å². The van der Waals surface area contributed by atoms with Crippen molar-refractivity contribution in [2.45, 2.75) is 24.6 Å². The standard InChI is InChI=1S/C21H26ClFN2O3/c1-25-9-8-18(21(25)13-4-6-16(22)17(23)10-13)24-12-19(26)15-11-14(27-2)5-7-20(15)28-3/h4-7,10-11,18-19,21,24,26H,8-9,12H2,1-3H3/t18-,19?,21+/m1/s1. The molecule has 0 saturated carbocycles. The number of ether oxygens (including phenoxy) is 2. The monoisotopic (exact) mass is 408 g/mol. The van der Waals surface area contributed by atoms with Crippen LogP contribution in [0, 0.1) is 5.82 Å². The first-order valence-corrected chi connectivity index (χ1v) is 9.61. The highest BCUT2D eigenvalue weighted by atomic mass is 35.5. The Hall–Kier alpha value is -1.86. The third-order valence-corrected chi connectivity index (χ3v) is 5.61. The molecule has 0 aliphatic carbocycles. The van der Waals surface area contributed by atoms with Crippen molar-refractivity contribution >= 4 is 11.6 Å². The van der Waals surface area contributed by atoms with Gasteiger partial charge in [0.05, 0.1) is 25.3 Å². The van der Waals surface area contributed by atoms with Gasteiger partial charge in [0.2, 0.25) is 0 Å². The van der Waals surface area contributed by atoms with Crippen LogP contribution in [0.3, 0.4) is 0 Å². The van der Waals surface area contributed by atoms with E-state index in [1.165, 1.54) is 6.07 Å². The highest BCUT2D eigenvalue weighted by Gasteiger charge is 2.33. The van der Waals surface area contributed by atoms with Crippen LogP contribution in [0.2, 0.25) is 5.02 Å². The van der Waals surface area contributed by atoms with Gasteiger partial charge in [-0.3, -0.25) is 4.90 Å². The normalized spacial score (nSPS) is 20.9. The van der Waals surface area contributed by atoms with Crippen LogP contribution in [-0.2, 0) is 0 Å². The lowest BCUT2D eigenvalue weighted by molar-refractivity contribution is 0.160. The van der Waals surface area contributed by atoms with E-state index in [4.69, 9.17) is 21.1 Å². The van der Waals surface area contributed by atoms with Crippen LogP contribution in [0.4, 0.5) is 4.39 Å². The molecule has 0 radical (unpaired) electrons. The number of likely N-dealkylation sites (tertiary alicyclic amines) is 1. The van der Waals surface area contributed by atoms with Crippen molar-refractivity contribution < 1.29 is 19.0 Å². The molecule has 5 nitrogen and oxygen atoms in total. The Morgan fingerprint density at radius 2 is 2.04 bits per heavy atom. The fraction of sp³-hybridized carbons (Fsp3) is 0.429. The summed E-state index contributed by atoms with van der Waals surface area (Å²) < 4.78 is 24.6. The maximum absolute atomic E-state index is 13.9. The van der Waals surface area contributed by atoms with Gasteiger partial charge in [-0.25, -0.2) is 4.39 Å². The second-order valence-electron chi connectivity index (χ2n) is 7.03. The lowest BCUT2D eigenvalue weighted by Gasteiger charge is -2.27. The van der Waals surface area contributed by atoms with Crippen LogP contribution in [0.15, 0.2) is 36.4 Å². The number of aliphatic hydroxyl groups excluding tert-OH is 1. The molecule has 1 aliphatic heterocycles. The summed E-state index contributed by atoms with van der Waals surface area (Å²) in [6, 6.07) is 10.4.